The number of nitrogens with two attached hydrogens (primary N) is 1. The van der Waals surface area contributed by atoms with Crippen LogP contribution in [0.4, 0.5) is 11.4 Å². The molecule has 0 aliphatic heterocycles. The molecule has 3 N–H and O–H groups in total. The summed E-state index contributed by atoms with van der Waals surface area (Å²) in [5.41, 5.74) is 10.3. The second kappa shape index (κ2) is 21.8. The van der Waals surface area contributed by atoms with E-state index >= 15 is 0 Å². The Kier molecular flexibility index (Phi) is 21.1. The minimum Gasteiger partial charge on any atom is -0.497 e. The highest BCUT2D eigenvalue weighted by molar-refractivity contribution is 9.10. The number of rotatable bonds is 6. The van der Waals surface area contributed by atoms with E-state index in [1.165, 1.54) is 5.56 Å². The van der Waals surface area contributed by atoms with Gasteiger partial charge in [0.1, 0.15) is 17.2 Å². The summed E-state index contributed by atoms with van der Waals surface area (Å²) in [6.07, 6.45) is 1.88. The number of aryl methyl sites for hydroxylation is 2. The van der Waals surface area contributed by atoms with Crippen LogP contribution in [0.1, 0.15) is 30.5 Å². The van der Waals surface area contributed by atoms with Gasteiger partial charge in [0, 0.05) is 18.1 Å². The van der Waals surface area contributed by atoms with Gasteiger partial charge in [-0.3, -0.25) is 0 Å². The number of aliphatic hydroxyl groups is 1. The van der Waals surface area contributed by atoms with Crippen LogP contribution in [0.2, 0.25) is 0 Å². The highest BCUT2D eigenvalue weighted by atomic mass is 79.9. The molecule has 0 saturated heterocycles. The van der Waals surface area contributed by atoms with Crippen LogP contribution in [-0.2, 0) is 19.4 Å². The molecule has 0 fully saturated rings. The van der Waals surface area contributed by atoms with Gasteiger partial charge in [-0.15, -0.1) is 12.4 Å². The van der Waals surface area contributed by atoms with Crippen molar-refractivity contribution in [1.82, 2.24) is 0 Å². The number of hydrogen-bond acceptors (Lipinski definition) is 5. The minimum atomic E-state index is 0. The summed E-state index contributed by atoms with van der Waals surface area (Å²) in [6.45, 7) is 18.3. The van der Waals surface area contributed by atoms with Crippen molar-refractivity contribution in [3.8, 4) is 17.2 Å². The maximum atomic E-state index is 7.00. The van der Waals surface area contributed by atoms with Crippen molar-refractivity contribution in [2.45, 2.75) is 33.2 Å². The summed E-state index contributed by atoms with van der Waals surface area (Å²) >= 11 is 3.28. The van der Waals surface area contributed by atoms with Gasteiger partial charge in [0.25, 0.3) is 0 Å². The van der Waals surface area contributed by atoms with Crippen molar-refractivity contribution in [1.29, 1.82) is 0 Å². The normalized spacial score (nSPS) is 8.71. The molecule has 0 saturated carbocycles. The first-order chi connectivity index (χ1) is 17.9. The van der Waals surface area contributed by atoms with E-state index < -0.39 is 0 Å². The van der Waals surface area contributed by atoms with Gasteiger partial charge >= 0.3 is 0 Å². The third kappa shape index (κ3) is 12.3. The molecule has 7 nitrogen and oxygen atoms in total. The molecule has 0 aliphatic carbocycles. The lowest BCUT2D eigenvalue weighted by Gasteiger charge is -2.07. The largest absolute Gasteiger partial charge is 0.497 e. The van der Waals surface area contributed by atoms with E-state index in [4.69, 9.17) is 38.2 Å². The van der Waals surface area contributed by atoms with Crippen LogP contribution in [0.15, 0.2) is 59.1 Å². The minimum absolute atomic E-state index is 0. The molecule has 0 amide bonds. The number of methoxy groups -OCH3 is 3. The molecular weight excluding hydrogens is 570 g/mol. The van der Waals surface area contributed by atoms with Crippen molar-refractivity contribution in [2.75, 3.05) is 28.4 Å². The second-order valence-electron chi connectivity index (χ2n) is 7.10. The maximum Gasteiger partial charge on any atom is 0.188 e. The zero-order valence-corrected chi connectivity index (χ0v) is 25.1. The molecule has 0 aliphatic rings. The second-order valence-corrected chi connectivity index (χ2v) is 7.95. The summed E-state index contributed by atoms with van der Waals surface area (Å²) in [7, 11) is 5.93. The van der Waals surface area contributed by atoms with Gasteiger partial charge < -0.3 is 25.1 Å². The number of nitrogens with zero attached hydrogens (tertiary/aromatic N) is 2. The Balaban J connectivity index is 0. The predicted molar refractivity (Wildman–Crippen MR) is 161 cm³/mol. The first kappa shape index (κ1) is 36.9. The molecule has 9 heteroatoms. The van der Waals surface area contributed by atoms with Gasteiger partial charge in [-0.25, -0.2) is 9.69 Å². The maximum absolute atomic E-state index is 7.00. The Bertz CT molecular complexity index is 1180. The highest BCUT2D eigenvalue weighted by Gasteiger charge is 2.02. The van der Waals surface area contributed by atoms with Crippen molar-refractivity contribution in [2.24, 2.45) is 5.73 Å². The molecule has 38 heavy (non-hydrogen) atoms. The summed E-state index contributed by atoms with van der Waals surface area (Å²) in [6, 6.07) is 16.8. The lowest BCUT2D eigenvalue weighted by Crippen LogP contribution is -1.98. The summed E-state index contributed by atoms with van der Waals surface area (Å²) in [5, 5.41) is 7.00. The smallest absolute Gasteiger partial charge is 0.188 e. The van der Waals surface area contributed by atoms with E-state index in [9.17, 15) is 0 Å². The van der Waals surface area contributed by atoms with Crippen molar-refractivity contribution >= 4 is 39.7 Å². The molecular formula is C29H37BrClN3O4. The molecule has 3 aromatic rings. The van der Waals surface area contributed by atoms with Crippen LogP contribution in [0.25, 0.3) is 9.69 Å². The predicted octanol–water partition coefficient (Wildman–Crippen LogP) is 7.56. The number of ether oxygens (including phenoxy) is 3. The van der Waals surface area contributed by atoms with E-state index in [1.807, 2.05) is 31.2 Å². The van der Waals surface area contributed by atoms with Crippen LogP contribution in [0.3, 0.4) is 0 Å². The molecule has 206 valence electrons. The van der Waals surface area contributed by atoms with Crippen molar-refractivity contribution in [3.63, 3.8) is 0 Å². The van der Waals surface area contributed by atoms with Gasteiger partial charge in [-0.1, -0.05) is 38.1 Å². The van der Waals surface area contributed by atoms with Gasteiger partial charge in [0.05, 0.1) is 34.5 Å². The molecule has 0 unspecified atom stereocenters. The van der Waals surface area contributed by atoms with Crippen LogP contribution in [0, 0.1) is 13.1 Å². The number of hydrogen-bond donors (Lipinski definition) is 2. The monoisotopic (exact) mass is 605 g/mol. The van der Waals surface area contributed by atoms with Crippen LogP contribution >= 0.6 is 28.3 Å². The quantitative estimate of drug-likeness (QED) is 0.283. The van der Waals surface area contributed by atoms with E-state index in [1.54, 1.807) is 45.6 Å². The third-order valence-corrected chi connectivity index (χ3v) is 5.62. The van der Waals surface area contributed by atoms with E-state index in [2.05, 4.69) is 38.6 Å². The Morgan fingerprint density at radius 2 is 1.16 bits per heavy atom. The molecule has 0 spiro atoms. The molecule has 3 aromatic carbocycles. The molecule has 0 atom stereocenters. The zero-order valence-electron chi connectivity index (χ0n) is 22.7. The average molecular weight is 607 g/mol. The van der Waals surface area contributed by atoms with Crippen LogP contribution in [-0.4, -0.2) is 33.5 Å². The lowest BCUT2D eigenvalue weighted by molar-refractivity contribution is 0.399. The van der Waals surface area contributed by atoms with Crippen molar-refractivity contribution < 1.29 is 19.3 Å². The zero-order chi connectivity index (χ0) is 28.2. The fraction of sp³-hybridized carbons (Fsp3) is 0.310. The summed E-state index contributed by atoms with van der Waals surface area (Å²) in [4.78, 5) is 6.62. The fourth-order valence-electron chi connectivity index (χ4n) is 3.07. The highest BCUT2D eigenvalue weighted by Crippen LogP contribution is 2.29. The van der Waals surface area contributed by atoms with E-state index in [-0.39, 0.29) is 12.4 Å². The third-order valence-electron chi connectivity index (χ3n) is 5.00. The number of aliphatic hydroxyl groups excluding tert-OH is 1. The van der Waals surface area contributed by atoms with Crippen LogP contribution in [0.5, 0.6) is 17.2 Å². The summed E-state index contributed by atoms with van der Waals surface area (Å²) < 4.78 is 16.1. The Morgan fingerprint density at radius 3 is 1.55 bits per heavy atom. The molecule has 0 aromatic heterocycles. The summed E-state index contributed by atoms with van der Waals surface area (Å²) in [5.74, 6) is 2.57. The van der Waals surface area contributed by atoms with E-state index in [0.717, 1.165) is 52.8 Å². The Labute approximate surface area is 241 Å². The average Bonchev–Trinajstić information content (AvgIpc) is 2.97. The lowest BCUT2D eigenvalue weighted by atomic mass is 10.1. The topological polar surface area (TPSA) is 82.7 Å². The number of benzene rings is 3. The van der Waals surface area contributed by atoms with Crippen LogP contribution < -0.4 is 19.9 Å². The van der Waals surface area contributed by atoms with Gasteiger partial charge in [0.15, 0.2) is 11.4 Å². The molecule has 0 heterocycles. The Morgan fingerprint density at radius 1 is 0.737 bits per heavy atom. The number of halogens is 2. The Hall–Kier alpha value is -3.27. The van der Waals surface area contributed by atoms with E-state index in [0.29, 0.717) is 17.9 Å². The van der Waals surface area contributed by atoms with Crippen molar-refractivity contribution in [3.05, 3.63) is 98.6 Å². The van der Waals surface area contributed by atoms with Gasteiger partial charge in [-0.2, -0.15) is 0 Å². The molecule has 0 radical (unpaired) electrons. The molecule has 3 rings (SSSR count). The SMILES string of the molecule is CCc1cc(CN)ccc1OC.CO.Cl.[C-]#[N+]c1ccc(OC)c(Br)c1.[C-]#[N+]c1ccc(OC)c(CC)c1. The first-order valence-corrected chi connectivity index (χ1v) is 12.3. The fourth-order valence-corrected chi connectivity index (χ4v) is 3.60. The standard InChI is InChI=1S/C10H11NO.C10H15NO.C8H6BrNO.CH4O.ClH/c1-4-8-7-9(11-2)5-6-10(8)12-3;1-3-9-6-8(7-11)4-5-10(9)12-2;1-10-6-3-4-8(11-2)7(9)5-6;1-2;/h5-7H,4H2,1,3H3;4-6H,3,7,11H2,1-2H3;3-5H,2H3;2H,1H3;1H. The van der Waals surface area contributed by atoms with Gasteiger partial charge in [-0.05, 0) is 75.8 Å². The first-order valence-electron chi connectivity index (χ1n) is 11.5. The van der Waals surface area contributed by atoms with Gasteiger partial charge in [0.2, 0.25) is 0 Å². The molecule has 0 bridgehead atoms.